The molecule has 0 aliphatic carbocycles. The largest absolute Gasteiger partial charge is 0.484 e. The molecule has 0 radical (unpaired) electrons. The fourth-order valence-corrected chi connectivity index (χ4v) is 3.31. The molecule has 3 rings (SSSR count). The highest BCUT2D eigenvalue weighted by Gasteiger charge is 2.13. The molecule has 1 N–H and O–H groups in total. The molecule has 140 valence electrons. The molecule has 2 aromatic carbocycles. The van der Waals surface area contributed by atoms with Crippen LogP contribution in [0.15, 0.2) is 59.8 Å². The average Bonchev–Trinajstić information content (AvgIpc) is 3.05. The first-order valence-corrected chi connectivity index (χ1v) is 9.74. The molecule has 1 aromatic heterocycles. The third-order valence-corrected chi connectivity index (χ3v) is 4.94. The van der Waals surface area contributed by atoms with E-state index >= 15 is 0 Å². The van der Waals surface area contributed by atoms with E-state index in [0.717, 1.165) is 12.2 Å². The molecule has 1 amide bonds. The van der Waals surface area contributed by atoms with Crippen molar-refractivity contribution in [2.24, 2.45) is 0 Å². The molecular formula is C20H22N4O2S. The molecule has 6 nitrogen and oxygen atoms in total. The van der Waals surface area contributed by atoms with Gasteiger partial charge in [-0.15, -0.1) is 10.2 Å². The lowest BCUT2D eigenvalue weighted by Crippen LogP contribution is -2.29. The number of rotatable bonds is 8. The molecule has 27 heavy (non-hydrogen) atoms. The molecule has 7 heteroatoms. The van der Waals surface area contributed by atoms with Crippen LogP contribution >= 0.6 is 11.8 Å². The summed E-state index contributed by atoms with van der Waals surface area (Å²) in [5.74, 6) is 1.77. The van der Waals surface area contributed by atoms with Gasteiger partial charge in [0.25, 0.3) is 5.91 Å². The van der Waals surface area contributed by atoms with Crippen LogP contribution in [-0.4, -0.2) is 27.4 Å². The van der Waals surface area contributed by atoms with E-state index in [1.54, 1.807) is 11.6 Å². The van der Waals surface area contributed by atoms with E-state index in [0.29, 0.717) is 16.7 Å². The van der Waals surface area contributed by atoms with Crippen molar-refractivity contribution in [3.63, 3.8) is 0 Å². The zero-order valence-electron chi connectivity index (χ0n) is 15.4. The second-order valence-electron chi connectivity index (χ2n) is 5.96. The lowest BCUT2D eigenvalue weighted by atomic mass is 10.2. The maximum atomic E-state index is 12.3. The number of benzene rings is 2. The van der Waals surface area contributed by atoms with Gasteiger partial charge in [-0.1, -0.05) is 61.2 Å². The van der Waals surface area contributed by atoms with E-state index in [9.17, 15) is 4.79 Å². The number of aromatic nitrogens is 3. The lowest BCUT2D eigenvalue weighted by Gasteiger charge is -2.11. The molecule has 0 aliphatic rings. The normalized spacial score (nSPS) is 10.6. The Morgan fingerprint density at radius 2 is 1.81 bits per heavy atom. The van der Waals surface area contributed by atoms with Crippen LogP contribution in [0.1, 0.15) is 23.9 Å². The predicted molar refractivity (Wildman–Crippen MR) is 106 cm³/mol. The van der Waals surface area contributed by atoms with E-state index in [1.165, 1.54) is 22.9 Å². The molecule has 0 aliphatic heterocycles. The van der Waals surface area contributed by atoms with Crippen LogP contribution in [0.5, 0.6) is 5.75 Å². The average molecular weight is 382 g/mol. The van der Waals surface area contributed by atoms with E-state index in [2.05, 4.69) is 34.7 Å². The number of nitrogens with zero attached hydrogens (tertiary/aromatic N) is 3. The summed E-state index contributed by atoms with van der Waals surface area (Å²) in [5.41, 5.74) is 5.20. The van der Waals surface area contributed by atoms with E-state index in [-0.39, 0.29) is 12.5 Å². The van der Waals surface area contributed by atoms with Crippen LogP contribution in [0.3, 0.4) is 0 Å². The highest BCUT2D eigenvalue weighted by Crippen LogP contribution is 2.20. The number of nitrogens with one attached hydrogen (secondary N) is 1. The fraction of sp³-hybridized carbons (Fsp3) is 0.250. The highest BCUT2D eigenvalue weighted by molar-refractivity contribution is 7.98. The number of aryl methyl sites for hydroxylation is 2. The van der Waals surface area contributed by atoms with Crippen molar-refractivity contribution in [2.45, 2.75) is 31.2 Å². The van der Waals surface area contributed by atoms with Gasteiger partial charge in [0.05, 0.1) is 0 Å². The third-order valence-electron chi connectivity index (χ3n) is 3.94. The first kappa shape index (κ1) is 19.0. The minimum atomic E-state index is -0.265. The number of thioether (sulfide) groups is 1. The van der Waals surface area contributed by atoms with Crippen LogP contribution in [-0.2, 0) is 17.0 Å². The molecule has 0 saturated heterocycles. The van der Waals surface area contributed by atoms with Crippen LogP contribution in [0.4, 0.5) is 0 Å². The van der Waals surface area contributed by atoms with Crippen molar-refractivity contribution in [1.29, 1.82) is 0 Å². The van der Waals surface area contributed by atoms with Gasteiger partial charge in [0.1, 0.15) is 11.6 Å². The maximum Gasteiger partial charge on any atom is 0.276 e. The second-order valence-corrected chi connectivity index (χ2v) is 6.90. The standard InChI is InChI=1S/C20H22N4O2S/c1-3-16-9-11-18(12-10-16)26-13-19(25)23-24-15(2)21-22-20(24)27-14-17-7-5-4-6-8-17/h4-12H,3,13-14H2,1-2H3,(H,23,25). The van der Waals surface area contributed by atoms with E-state index in [1.807, 2.05) is 42.5 Å². The van der Waals surface area contributed by atoms with Crippen molar-refractivity contribution in [1.82, 2.24) is 14.9 Å². The van der Waals surface area contributed by atoms with Gasteiger partial charge in [0, 0.05) is 5.75 Å². The van der Waals surface area contributed by atoms with Crippen molar-refractivity contribution in [3.8, 4) is 5.75 Å². The smallest absolute Gasteiger partial charge is 0.276 e. The molecule has 0 atom stereocenters. The second kappa shape index (κ2) is 9.23. The van der Waals surface area contributed by atoms with Crippen LogP contribution in [0.2, 0.25) is 0 Å². The molecule has 3 aromatic rings. The van der Waals surface area contributed by atoms with Gasteiger partial charge in [-0.2, -0.15) is 0 Å². The Kier molecular flexibility index (Phi) is 6.49. The van der Waals surface area contributed by atoms with Crippen LogP contribution in [0, 0.1) is 6.92 Å². The SMILES string of the molecule is CCc1ccc(OCC(=O)Nn2c(C)nnc2SCc2ccccc2)cc1. The molecule has 0 spiro atoms. The predicted octanol–water partition coefficient (Wildman–Crippen LogP) is 3.59. The number of ether oxygens (including phenoxy) is 1. The Balaban J connectivity index is 1.56. The number of hydrogen-bond donors (Lipinski definition) is 1. The van der Waals surface area contributed by atoms with Crippen molar-refractivity contribution in [2.75, 3.05) is 12.0 Å². The Morgan fingerprint density at radius 3 is 2.52 bits per heavy atom. The molecule has 0 unspecified atom stereocenters. The van der Waals surface area contributed by atoms with Crippen molar-refractivity contribution >= 4 is 17.7 Å². The monoisotopic (exact) mass is 382 g/mol. The zero-order valence-corrected chi connectivity index (χ0v) is 16.2. The number of amides is 1. The Bertz CT molecular complexity index is 879. The summed E-state index contributed by atoms with van der Waals surface area (Å²) in [6, 6.07) is 17.8. The van der Waals surface area contributed by atoms with Crippen molar-refractivity contribution in [3.05, 3.63) is 71.5 Å². The summed E-state index contributed by atoms with van der Waals surface area (Å²) in [6.07, 6.45) is 0.969. The summed E-state index contributed by atoms with van der Waals surface area (Å²) in [7, 11) is 0. The van der Waals surface area contributed by atoms with Gasteiger partial charge < -0.3 is 4.74 Å². The van der Waals surface area contributed by atoms with Gasteiger partial charge in [-0.05, 0) is 36.6 Å². The summed E-state index contributed by atoms with van der Waals surface area (Å²) < 4.78 is 7.15. The lowest BCUT2D eigenvalue weighted by molar-refractivity contribution is -0.119. The van der Waals surface area contributed by atoms with Gasteiger partial charge in [-0.25, -0.2) is 4.68 Å². The minimum Gasteiger partial charge on any atom is -0.484 e. The van der Waals surface area contributed by atoms with Crippen LogP contribution in [0.25, 0.3) is 0 Å². The van der Waals surface area contributed by atoms with Gasteiger partial charge in [0.15, 0.2) is 6.61 Å². The Labute approximate surface area is 162 Å². The number of hydrogen-bond acceptors (Lipinski definition) is 5. The molecular weight excluding hydrogens is 360 g/mol. The van der Waals surface area contributed by atoms with Gasteiger partial charge in [0.2, 0.25) is 5.16 Å². The first-order valence-electron chi connectivity index (χ1n) is 8.76. The topological polar surface area (TPSA) is 69.0 Å². The molecule has 1 heterocycles. The summed E-state index contributed by atoms with van der Waals surface area (Å²) >= 11 is 1.52. The van der Waals surface area contributed by atoms with E-state index < -0.39 is 0 Å². The minimum absolute atomic E-state index is 0.0775. The number of carbonyl (C=O) groups excluding carboxylic acids is 1. The summed E-state index contributed by atoms with van der Waals surface area (Å²) in [6.45, 7) is 3.81. The summed E-state index contributed by atoms with van der Waals surface area (Å²) in [4.78, 5) is 12.3. The van der Waals surface area contributed by atoms with Crippen LogP contribution < -0.4 is 10.2 Å². The highest BCUT2D eigenvalue weighted by atomic mass is 32.2. The van der Waals surface area contributed by atoms with E-state index in [4.69, 9.17) is 4.74 Å². The molecule has 0 bridgehead atoms. The zero-order chi connectivity index (χ0) is 19.1. The Hall–Kier alpha value is -2.80. The third kappa shape index (κ3) is 5.34. The quantitative estimate of drug-likeness (QED) is 0.603. The number of carbonyl (C=O) groups is 1. The van der Waals surface area contributed by atoms with Gasteiger partial charge in [-0.3, -0.25) is 10.2 Å². The maximum absolute atomic E-state index is 12.3. The Morgan fingerprint density at radius 1 is 1.07 bits per heavy atom. The fourth-order valence-electron chi connectivity index (χ4n) is 2.41. The molecule has 0 saturated carbocycles. The summed E-state index contributed by atoms with van der Waals surface area (Å²) in [5, 5.41) is 8.83. The first-order chi connectivity index (χ1) is 13.2. The molecule has 0 fully saturated rings. The van der Waals surface area contributed by atoms with Crippen molar-refractivity contribution < 1.29 is 9.53 Å². The van der Waals surface area contributed by atoms with Gasteiger partial charge >= 0.3 is 0 Å².